The Bertz CT molecular complexity index is 887. The van der Waals surface area contributed by atoms with Gasteiger partial charge >= 0.3 is 0 Å². The van der Waals surface area contributed by atoms with Crippen molar-refractivity contribution in [3.8, 4) is 5.75 Å². The average Bonchev–Trinajstić information content (AvgIpc) is 2.73. The molecule has 5 heteroatoms. The van der Waals surface area contributed by atoms with Crippen LogP contribution in [0, 0.1) is 0 Å². The Kier molecular flexibility index (Phi) is 6.08. The molecule has 0 radical (unpaired) electrons. The fraction of sp³-hybridized carbons (Fsp3) is 0.364. The molecule has 2 aromatic rings. The quantitative estimate of drug-likeness (QED) is 0.687. The van der Waals surface area contributed by atoms with Crippen LogP contribution < -0.4 is 15.4 Å². The summed E-state index contributed by atoms with van der Waals surface area (Å²) in [5.41, 5.74) is 2.58. The summed E-state index contributed by atoms with van der Waals surface area (Å²) in [4.78, 5) is 1.18. The fourth-order valence-corrected chi connectivity index (χ4v) is 5.42. The van der Waals surface area contributed by atoms with Gasteiger partial charge in [-0.1, -0.05) is 48.0 Å². The van der Waals surface area contributed by atoms with Crippen LogP contribution in [0.1, 0.15) is 19.3 Å². The Labute approximate surface area is 170 Å². The van der Waals surface area contributed by atoms with Crippen molar-refractivity contribution in [1.29, 1.82) is 0 Å². The number of thioether (sulfide) groups is 1. The van der Waals surface area contributed by atoms with E-state index in [2.05, 4.69) is 53.1 Å². The largest absolute Gasteiger partial charge is 0.496 e. The van der Waals surface area contributed by atoms with Gasteiger partial charge in [-0.25, -0.2) is 0 Å². The third kappa shape index (κ3) is 4.04. The molecule has 0 atom stereocenters. The van der Waals surface area contributed by atoms with E-state index in [1.54, 1.807) is 7.11 Å². The van der Waals surface area contributed by atoms with Gasteiger partial charge in [0.05, 0.1) is 18.2 Å². The molecule has 27 heavy (non-hydrogen) atoms. The molecule has 0 amide bonds. The lowest BCUT2D eigenvalue weighted by molar-refractivity contribution is 0.406. The van der Waals surface area contributed by atoms with E-state index < -0.39 is 0 Å². The molecule has 2 aliphatic rings. The standard InChI is InChI=1S/C22H25ClN2OS/c1-26-20-11-10-15-6-2-3-7-16(15)21(20)27-14-18-17(8-4-9-19(18)23)22-24-12-5-13-25-22/h2-3,6-8,10-11,22,24-25H,4-5,9,12-14H2,1H3. The molecule has 1 heterocycles. The Hall–Kier alpha value is -1.46. The van der Waals surface area contributed by atoms with E-state index in [1.165, 1.54) is 33.2 Å². The Morgan fingerprint density at radius 3 is 2.78 bits per heavy atom. The molecule has 0 bridgehead atoms. The number of halogens is 1. The number of fused-ring (bicyclic) bond motifs is 1. The minimum Gasteiger partial charge on any atom is -0.496 e. The third-order valence-corrected chi connectivity index (χ3v) is 6.75. The van der Waals surface area contributed by atoms with Crippen molar-refractivity contribution in [3.05, 3.63) is 58.7 Å². The van der Waals surface area contributed by atoms with Crippen LogP contribution in [0.3, 0.4) is 0 Å². The molecule has 2 aromatic carbocycles. The molecular formula is C22H25ClN2OS. The van der Waals surface area contributed by atoms with E-state index in [4.69, 9.17) is 16.3 Å². The van der Waals surface area contributed by atoms with Crippen LogP contribution >= 0.6 is 23.4 Å². The van der Waals surface area contributed by atoms with Gasteiger partial charge in [-0.05, 0) is 60.3 Å². The molecule has 3 nitrogen and oxygen atoms in total. The predicted octanol–water partition coefficient (Wildman–Crippen LogP) is 5.06. The van der Waals surface area contributed by atoms with E-state index in [0.29, 0.717) is 0 Å². The normalized spacial score (nSPS) is 18.7. The van der Waals surface area contributed by atoms with Gasteiger partial charge in [0.25, 0.3) is 0 Å². The number of ether oxygens (including phenoxy) is 1. The fourth-order valence-electron chi connectivity index (χ4n) is 3.79. The number of benzene rings is 2. The molecule has 1 saturated heterocycles. The summed E-state index contributed by atoms with van der Waals surface area (Å²) < 4.78 is 5.65. The number of rotatable bonds is 5. The lowest BCUT2D eigenvalue weighted by atomic mass is 9.95. The molecule has 0 saturated carbocycles. The molecular weight excluding hydrogens is 376 g/mol. The predicted molar refractivity (Wildman–Crippen MR) is 116 cm³/mol. The lowest BCUT2D eigenvalue weighted by Crippen LogP contribution is -2.50. The van der Waals surface area contributed by atoms with Crippen molar-refractivity contribution >= 4 is 34.1 Å². The van der Waals surface area contributed by atoms with Crippen LogP contribution in [-0.4, -0.2) is 32.1 Å². The van der Waals surface area contributed by atoms with Gasteiger partial charge in [-0.3, -0.25) is 10.6 Å². The van der Waals surface area contributed by atoms with Gasteiger partial charge in [-0.2, -0.15) is 0 Å². The highest BCUT2D eigenvalue weighted by Gasteiger charge is 2.24. The highest BCUT2D eigenvalue weighted by Crippen LogP contribution is 2.40. The summed E-state index contributed by atoms with van der Waals surface area (Å²) in [6, 6.07) is 12.6. The first kappa shape index (κ1) is 18.9. The molecule has 4 rings (SSSR count). The number of allylic oxidation sites excluding steroid dienone is 2. The smallest absolute Gasteiger partial charge is 0.133 e. The average molecular weight is 401 g/mol. The Morgan fingerprint density at radius 1 is 1.15 bits per heavy atom. The van der Waals surface area contributed by atoms with Crippen LogP contribution in [0.15, 0.2) is 63.5 Å². The van der Waals surface area contributed by atoms with E-state index in [1.807, 2.05) is 11.8 Å². The zero-order chi connectivity index (χ0) is 18.6. The topological polar surface area (TPSA) is 33.3 Å². The maximum absolute atomic E-state index is 6.69. The van der Waals surface area contributed by atoms with Gasteiger partial charge < -0.3 is 4.74 Å². The summed E-state index contributed by atoms with van der Waals surface area (Å²) in [6.07, 6.45) is 5.66. The number of hydrogen-bond donors (Lipinski definition) is 2. The van der Waals surface area contributed by atoms with Crippen molar-refractivity contribution < 1.29 is 4.74 Å². The summed E-state index contributed by atoms with van der Waals surface area (Å²) in [6.45, 7) is 2.09. The minimum absolute atomic E-state index is 0.206. The van der Waals surface area contributed by atoms with Crippen LogP contribution in [0.2, 0.25) is 0 Å². The van der Waals surface area contributed by atoms with E-state index in [9.17, 15) is 0 Å². The monoisotopic (exact) mass is 400 g/mol. The molecule has 2 N–H and O–H groups in total. The highest BCUT2D eigenvalue weighted by atomic mass is 35.5. The molecule has 142 valence electrons. The molecule has 1 aliphatic carbocycles. The van der Waals surface area contributed by atoms with Crippen molar-refractivity contribution in [2.24, 2.45) is 0 Å². The van der Waals surface area contributed by atoms with Crippen LogP contribution in [-0.2, 0) is 0 Å². The van der Waals surface area contributed by atoms with Crippen molar-refractivity contribution in [1.82, 2.24) is 10.6 Å². The summed E-state index contributed by atoms with van der Waals surface area (Å²) >= 11 is 8.51. The maximum Gasteiger partial charge on any atom is 0.133 e. The first-order valence-corrected chi connectivity index (χ1v) is 10.9. The summed E-state index contributed by atoms with van der Waals surface area (Å²) in [5.74, 6) is 1.76. The highest BCUT2D eigenvalue weighted by molar-refractivity contribution is 7.99. The third-order valence-electron chi connectivity index (χ3n) is 5.19. The van der Waals surface area contributed by atoms with E-state index in [0.717, 1.165) is 42.5 Å². The summed E-state index contributed by atoms with van der Waals surface area (Å²) in [7, 11) is 1.74. The van der Waals surface area contributed by atoms with Crippen LogP contribution in [0.25, 0.3) is 10.8 Å². The van der Waals surface area contributed by atoms with Crippen molar-refractivity contribution in [3.63, 3.8) is 0 Å². The van der Waals surface area contributed by atoms with Gasteiger partial charge in [-0.15, -0.1) is 11.8 Å². The van der Waals surface area contributed by atoms with Crippen molar-refractivity contribution in [2.75, 3.05) is 26.0 Å². The molecule has 0 unspecified atom stereocenters. The van der Waals surface area contributed by atoms with Gasteiger partial charge in [0.1, 0.15) is 5.75 Å². The lowest BCUT2D eigenvalue weighted by Gasteiger charge is -2.31. The molecule has 0 spiro atoms. The number of nitrogens with one attached hydrogen (secondary N) is 2. The van der Waals surface area contributed by atoms with Gasteiger partial charge in [0.15, 0.2) is 0 Å². The second-order valence-corrected chi connectivity index (χ2v) is 8.33. The maximum atomic E-state index is 6.69. The van der Waals surface area contributed by atoms with Gasteiger partial charge in [0, 0.05) is 10.8 Å². The first-order chi connectivity index (χ1) is 13.3. The molecule has 0 aromatic heterocycles. The Balaban J connectivity index is 1.62. The van der Waals surface area contributed by atoms with Gasteiger partial charge in [0.2, 0.25) is 0 Å². The van der Waals surface area contributed by atoms with E-state index >= 15 is 0 Å². The second-order valence-electron chi connectivity index (χ2n) is 6.88. The Morgan fingerprint density at radius 2 is 1.96 bits per heavy atom. The van der Waals surface area contributed by atoms with E-state index in [-0.39, 0.29) is 6.17 Å². The molecule has 1 fully saturated rings. The number of hydrogen-bond acceptors (Lipinski definition) is 4. The van der Waals surface area contributed by atoms with Crippen LogP contribution in [0.4, 0.5) is 0 Å². The van der Waals surface area contributed by atoms with Crippen LogP contribution in [0.5, 0.6) is 5.75 Å². The minimum atomic E-state index is 0.206. The molecule has 1 aliphatic heterocycles. The zero-order valence-electron chi connectivity index (χ0n) is 15.6. The second kappa shape index (κ2) is 8.70. The summed E-state index contributed by atoms with van der Waals surface area (Å²) in [5, 5.41) is 10.6. The zero-order valence-corrected chi connectivity index (χ0v) is 17.1. The van der Waals surface area contributed by atoms with Crippen molar-refractivity contribution in [2.45, 2.75) is 30.3 Å². The SMILES string of the molecule is COc1ccc2ccccc2c1SCC1=C(Cl)CCC=C1C1NCCCN1. The number of methoxy groups -OCH3 is 1. The first-order valence-electron chi connectivity index (χ1n) is 9.51.